The van der Waals surface area contributed by atoms with Gasteiger partial charge in [-0.05, 0) is 18.3 Å². The number of anilines is 1. The van der Waals surface area contributed by atoms with Gasteiger partial charge in [-0.15, -0.1) is 0 Å². The third-order valence-corrected chi connectivity index (χ3v) is 4.14. The molecule has 1 aromatic rings. The second-order valence-electron chi connectivity index (χ2n) is 6.70. The molecule has 0 saturated heterocycles. The molecule has 0 aromatic carbocycles. The molecule has 1 fully saturated rings. The maximum absolute atomic E-state index is 6.09. The molecule has 3 nitrogen and oxygen atoms in total. The van der Waals surface area contributed by atoms with Crippen LogP contribution in [0, 0.1) is 11.8 Å². The van der Waals surface area contributed by atoms with Crippen molar-refractivity contribution in [2.75, 3.05) is 11.9 Å². The van der Waals surface area contributed by atoms with Crippen molar-refractivity contribution in [2.45, 2.75) is 52.4 Å². The van der Waals surface area contributed by atoms with Gasteiger partial charge in [-0.3, -0.25) is 0 Å². The number of halogens is 1. The Bertz CT molecular complexity index is 440. The normalized spacial score (nSPS) is 23.6. The van der Waals surface area contributed by atoms with E-state index in [0.717, 1.165) is 30.0 Å². The highest BCUT2D eigenvalue weighted by Gasteiger charge is 2.23. The summed E-state index contributed by atoms with van der Waals surface area (Å²) in [6, 6.07) is 1.82. The lowest BCUT2D eigenvalue weighted by molar-refractivity contribution is 0.439. The molecule has 1 aliphatic carbocycles. The fraction of sp³-hybridized carbons (Fsp3) is 0.733. The molecule has 0 radical (unpaired) electrons. The van der Waals surface area contributed by atoms with E-state index in [1.54, 1.807) is 0 Å². The van der Waals surface area contributed by atoms with Crippen molar-refractivity contribution in [1.82, 2.24) is 9.97 Å². The lowest BCUT2D eigenvalue weighted by Crippen LogP contribution is -2.20. The summed E-state index contributed by atoms with van der Waals surface area (Å²) in [5.74, 6) is 3.21. The van der Waals surface area contributed by atoms with Crippen molar-refractivity contribution in [3.8, 4) is 0 Å². The molecule has 0 aliphatic heterocycles. The molecule has 106 valence electrons. The molecule has 1 aromatic heterocycles. The average molecular weight is 282 g/mol. The predicted molar refractivity (Wildman–Crippen MR) is 80.7 cm³/mol. The zero-order chi connectivity index (χ0) is 14.0. The first kappa shape index (κ1) is 14.6. The number of rotatable bonds is 3. The maximum Gasteiger partial charge on any atom is 0.137 e. The second-order valence-corrected chi connectivity index (χ2v) is 7.09. The van der Waals surface area contributed by atoms with E-state index in [-0.39, 0.29) is 5.41 Å². The minimum atomic E-state index is -0.0814. The van der Waals surface area contributed by atoms with Crippen LogP contribution in [0.4, 0.5) is 5.82 Å². The van der Waals surface area contributed by atoms with Crippen molar-refractivity contribution >= 4 is 17.4 Å². The quantitative estimate of drug-likeness (QED) is 0.841. The molecule has 0 amide bonds. The van der Waals surface area contributed by atoms with Gasteiger partial charge in [0.25, 0.3) is 0 Å². The standard InChI is InChI=1S/C15H24ClN3/c1-10-6-5-7-11(10)9-17-13-8-12(16)18-14(19-13)15(2,3)4/h8,10-11H,5-7,9H2,1-4H3,(H,17,18,19). The SMILES string of the molecule is CC1CCCC1CNc1cc(Cl)nc(C(C)(C)C)n1. The van der Waals surface area contributed by atoms with Crippen LogP contribution in [-0.4, -0.2) is 16.5 Å². The van der Waals surface area contributed by atoms with Gasteiger partial charge in [0.15, 0.2) is 0 Å². The van der Waals surface area contributed by atoms with Crippen LogP contribution in [0.3, 0.4) is 0 Å². The van der Waals surface area contributed by atoms with E-state index in [0.29, 0.717) is 5.15 Å². The van der Waals surface area contributed by atoms with Gasteiger partial charge < -0.3 is 5.32 Å². The van der Waals surface area contributed by atoms with Gasteiger partial charge in [0.1, 0.15) is 16.8 Å². The third-order valence-electron chi connectivity index (χ3n) is 3.95. The third kappa shape index (κ3) is 3.82. The molecular weight excluding hydrogens is 258 g/mol. The van der Waals surface area contributed by atoms with Gasteiger partial charge in [-0.1, -0.05) is 52.1 Å². The van der Waals surface area contributed by atoms with Crippen LogP contribution in [0.25, 0.3) is 0 Å². The molecule has 19 heavy (non-hydrogen) atoms. The van der Waals surface area contributed by atoms with E-state index in [2.05, 4.69) is 43.0 Å². The summed E-state index contributed by atoms with van der Waals surface area (Å²) >= 11 is 6.09. The highest BCUT2D eigenvalue weighted by atomic mass is 35.5. The first-order valence-electron chi connectivity index (χ1n) is 7.15. The van der Waals surface area contributed by atoms with Crippen LogP contribution in [0.1, 0.15) is 52.8 Å². The molecule has 1 aliphatic rings. The minimum absolute atomic E-state index is 0.0814. The van der Waals surface area contributed by atoms with Gasteiger partial charge in [-0.2, -0.15) is 0 Å². The van der Waals surface area contributed by atoms with E-state index in [9.17, 15) is 0 Å². The fourth-order valence-electron chi connectivity index (χ4n) is 2.60. The number of nitrogens with one attached hydrogen (secondary N) is 1. The molecule has 4 heteroatoms. The van der Waals surface area contributed by atoms with Gasteiger partial charge in [0.2, 0.25) is 0 Å². The molecule has 1 saturated carbocycles. The molecule has 0 spiro atoms. The zero-order valence-corrected chi connectivity index (χ0v) is 13.1. The highest BCUT2D eigenvalue weighted by molar-refractivity contribution is 6.29. The number of aromatic nitrogens is 2. The van der Waals surface area contributed by atoms with Crippen molar-refractivity contribution < 1.29 is 0 Å². The van der Waals surface area contributed by atoms with Crippen molar-refractivity contribution in [2.24, 2.45) is 11.8 Å². The number of hydrogen-bond acceptors (Lipinski definition) is 3. The predicted octanol–water partition coefficient (Wildman–Crippen LogP) is 4.28. The summed E-state index contributed by atoms with van der Waals surface area (Å²) in [7, 11) is 0. The summed E-state index contributed by atoms with van der Waals surface area (Å²) in [5, 5.41) is 3.95. The fourth-order valence-corrected chi connectivity index (χ4v) is 2.79. The largest absolute Gasteiger partial charge is 0.370 e. The van der Waals surface area contributed by atoms with Crippen LogP contribution in [0.2, 0.25) is 5.15 Å². The minimum Gasteiger partial charge on any atom is -0.370 e. The van der Waals surface area contributed by atoms with E-state index >= 15 is 0 Å². The summed E-state index contributed by atoms with van der Waals surface area (Å²) in [5.41, 5.74) is -0.0814. The Kier molecular flexibility index (Phi) is 4.34. The zero-order valence-electron chi connectivity index (χ0n) is 12.3. The van der Waals surface area contributed by atoms with Gasteiger partial charge in [0, 0.05) is 18.0 Å². The average Bonchev–Trinajstić information content (AvgIpc) is 2.70. The van der Waals surface area contributed by atoms with Gasteiger partial charge in [-0.25, -0.2) is 9.97 Å². The Balaban J connectivity index is 2.06. The molecule has 2 rings (SSSR count). The lowest BCUT2D eigenvalue weighted by atomic mass is 9.96. The second kappa shape index (κ2) is 5.66. The molecule has 0 bridgehead atoms. The molecule has 1 N–H and O–H groups in total. The van der Waals surface area contributed by atoms with E-state index < -0.39 is 0 Å². The topological polar surface area (TPSA) is 37.8 Å². The summed E-state index contributed by atoms with van der Waals surface area (Å²) in [4.78, 5) is 8.90. The Morgan fingerprint density at radius 1 is 1.32 bits per heavy atom. The summed E-state index contributed by atoms with van der Waals surface area (Å²) in [6.07, 6.45) is 4.02. The Morgan fingerprint density at radius 2 is 2.05 bits per heavy atom. The van der Waals surface area contributed by atoms with Crippen LogP contribution < -0.4 is 5.32 Å². The van der Waals surface area contributed by atoms with E-state index in [1.165, 1.54) is 19.3 Å². The highest BCUT2D eigenvalue weighted by Crippen LogP contribution is 2.31. The first-order valence-corrected chi connectivity index (χ1v) is 7.53. The van der Waals surface area contributed by atoms with Crippen LogP contribution in [0.5, 0.6) is 0 Å². The van der Waals surface area contributed by atoms with Crippen LogP contribution >= 0.6 is 11.6 Å². The van der Waals surface area contributed by atoms with Crippen LogP contribution in [0.15, 0.2) is 6.07 Å². The Morgan fingerprint density at radius 3 is 2.63 bits per heavy atom. The Hall–Kier alpha value is -0.830. The smallest absolute Gasteiger partial charge is 0.137 e. The van der Waals surface area contributed by atoms with Crippen molar-refractivity contribution in [1.29, 1.82) is 0 Å². The summed E-state index contributed by atoms with van der Waals surface area (Å²) in [6.45, 7) is 9.62. The lowest BCUT2D eigenvalue weighted by Gasteiger charge is -2.20. The maximum atomic E-state index is 6.09. The van der Waals surface area contributed by atoms with E-state index in [1.807, 2.05) is 6.07 Å². The molecule has 1 heterocycles. The van der Waals surface area contributed by atoms with Gasteiger partial charge >= 0.3 is 0 Å². The van der Waals surface area contributed by atoms with Gasteiger partial charge in [0.05, 0.1) is 0 Å². The molecule has 2 unspecified atom stereocenters. The van der Waals surface area contributed by atoms with E-state index in [4.69, 9.17) is 11.6 Å². The number of nitrogens with zero attached hydrogens (tertiary/aromatic N) is 2. The van der Waals surface area contributed by atoms with Crippen molar-refractivity contribution in [3.63, 3.8) is 0 Å². The molecule has 2 atom stereocenters. The Labute approximate surface area is 121 Å². The summed E-state index contributed by atoms with van der Waals surface area (Å²) < 4.78 is 0. The van der Waals surface area contributed by atoms with Crippen molar-refractivity contribution in [3.05, 3.63) is 17.0 Å². The number of hydrogen-bond donors (Lipinski definition) is 1. The monoisotopic (exact) mass is 281 g/mol. The molecular formula is C15H24ClN3. The van der Waals surface area contributed by atoms with Crippen LogP contribution in [-0.2, 0) is 5.41 Å². The first-order chi connectivity index (χ1) is 8.86.